The van der Waals surface area contributed by atoms with Crippen LogP contribution < -0.4 is 10.7 Å². The maximum atomic E-state index is 12.1. The van der Waals surface area contributed by atoms with Gasteiger partial charge in [-0.25, -0.2) is 5.43 Å². The first kappa shape index (κ1) is 17.5. The van der Waals surface area contributed by atoms with E-state index in [1.165, 1.54) is 12.5 Å². The standard InChI is InChI=1S/C17H15N5O3S/c1-11-4-6-12(7-5-11)16(24)19-17-22-21-15(26-17)9-14(23)20-18-10-13-3-2-8-25-13/h2-8,10H,9H2,1H3,(H,20,23)(H,19,22,24)/b18-10-. The quantitative estimate of drug-likeness (QED) is 0.512. The van der Waals surface area contributed by atoms with E-state index in [1.807, 2.05) is 19.1 Å². The second kappa shape index (κ2) is 8.17. The Labute approximate surface area is 153 Å². The minimum absolute atomic E-state index is 0.00750. The predicted octanol–water partition coefficient (Wildman–Crippen LogP) is 2.38. The van der Waals surface area contributed by atoms with Crippen LogP contribution in [0.1, 0.15) is 26.7 Å². The van der Waals surface area contributed by atoms with E-state index >= 15 is 0 Å². The monoisotopic (exact) mass is 369 g/mol. The zero-order valence-corrected chi connectivity index (χ0v) is 14.6. The second-order valence-corrected chi connectivity index (χ2v) is 6.37. The van der Waals surface area contributed by atoms with Gasteiger partial charge in [0, 0.05) is 5.56 Å². The van der Waals surface area contributed by atoms with Crippen molar-refractivity contribution in [1.29, 1.82) is 0 Å². The van der Waals surface area contributed by atoms with Crippen molar-refractivity contribution in [2.45, 2.75) is 13.3 Å². The number of aryl methyl sites for hydroxylation is 1. The molecule has 8 nitrogen and oxygen atoms in total. The van der Waals surface area contributed by atoms with E-state index in [-0.39, 0.29) is 18.2 Å². The van der Waals surface area contributed by atoms with Gasteiger partial charge in [0.15, 0.2) is 0 Å². The number of hydrazone groups is 1. The molecule has 26 heavy (non-hydrogen) atoms. The molecule has 2 heterocycles. The molecule has 132 valence electrons. The van der Waals surface area contributed by atoms with Crippen LogP contribution in [0.4, 0.5) is 5.13 Å². The fraction of sp³-hybridized carbons (Fsp3) is 0.118. The molecule has 0 saturated heterocycles. The Morgan fingerprint density at radius 3 is 2.77 bits per heavy atom. The minimum Gasteiger partial charge on any atom is -0.463 e. The fourth-order valence-electron chi connectivity index (χ4n) is 1.96. The van der Waals surface area contributed by atoms with Gasteiger partial charge < -0.3 is 4.42 Å². The molecule has 3 aromatic rings. The van der Waals surface area contributed by atoms with Crippen molar-refractivity contribution >= 4 is 34.5 Å². The molecule has 0 aliphatic heterocycles. The van der Waals surface area contributed by atoms with E-state index in [0.29, 0.717) is 21.5 Å². The van der Waals surface area contributed by atoms with Crippen molar-refractivity contribution in [2.75, 3.05) is 5.32 Å². The van der Waals surface area contributed by atoms with Crippen LogP contribution in [-0.2, 0) is 11.2 Å². The van der Waals surface area contributed by atoms with Gasteiger partial charge in [0.2, 0.25) is 11.0 Å². The van der Waals surface area contributed by atoms with Crippen molar-refractivity contribution in [1.82, 2.24) is 15.6 Å². The predicted molar refractivity (Wildman–Crippen MR) is 97.2 cm³/mol. The molecule has 2 aromatic heterocycles. The first-order valence-electron chi connectivity index (χ1n) is 7.66. The Morgan fingerprint density at radius 2 is 2.04 bits per heavy atom. The molecule has 0 unspecified atom stereocenters. The number of amides is 2. The SMILES string of the molecule is Cc1ccc(C(=O)Nc2nnc(CC(=O)N/N=C\c3ccco3)s2)cc1. The number of furan rings is 1. The van der Waals surface area contributed by atoms with Crippen LogP contribution in [-0.4, -0.2) is 28.2 Å². The molecule has 0 fully saturated rings. The summed E-state index contributed by atoms with van der Waals surface area (Å²) >= 11 is 1.13. The topological polar surface area (TPSA) is 109 Å². The first-order valence-corrected chi connectivity index (χ1v) is 8.47. The lowest BCUT2D eigenvalue weighted by Gasteiger charge is -2.01. The largest absolute Gasteiger partial charge is 0.463 e. The smallest absolute Gasteiger partial charge is 0.257 e. The Morgan fingerprint density at radius 1 is 1.23 bits per heavy atom. The Bertz CT molecular complexity index is 916. The van der Waals surface area contributed by atoms with Gasteiger partial charge in [-0.2, -0.15) is 5.10 Å². The highest BCUT2D eigenvalue weighted by molar-refractivity contribution is 7.15. The van der Waals surface area contributed by atoms with Gasteiger partial charge in [-0.1, -0.05) is 29.0 Å². The van der Waals surface area contributed by atoms with E-state index < -0.39 is 0 Å². The number of aromatic nitrogens is 2. The molecule has 0 atom stereocenters. The van der Waals surface area contributed by atoms with Crippen LogP contribution in [0.5, 0.6) is 0 Å². The number of anilines is 1. The molecule has 3 rings (SSSR count). The summed E-state index contributed by atoms with van der Waals surface area (Å²) in [6, 6.07) is 10.6. The summed E-state index contributed by atoms with van der Waals surface area (Å²) in [6.07, 6.45) is 2.91. The third-order valence-corrected chi connectivity index (χ3v) is 4.08. The second-order valence-electron chi connectivity index (χ2n) is 5.31. The third kappa shape index (κ3) is 4.84. The van der Waals surface area contributed by atoms with E-state index in [1.54, 1.807) is 24.3 Å². The molecule has 0 bridgehead atoms. The maximum Gasteiger partial charge on any atom is 0.257 e. The van der Waals surface area contributed by atoms with Gasteiger partial charge in [0.1, 0.15) is 10.8 Å². The van der Waals surface area contributed by atoms with Crippen molar-refractivity contribution in [3.8, 4) is 0 Å². The summed E-state index contributed by atoms with van der Waals surface area (Å²) in [4.78, 5) is 24.0. The van der Waals surface area contributed by atoms with Crippen LogP contribution in [0.15, 0.2) is 52.2 Å². The lowest BCUT2D eigenvalue weighted by Crippen LogP contribution is -2.19. The number of benzene rings is 1. The molecule has 0 radical (unpaired) electrons. The third-order valence-electron chi connectivity index (χ3n) is 3.24. The number of hydrogen-bond donors (Lipinski definition) is 2. The number of nitrogens with zero attached hydrogens (tertiary/aromatic N) is 3. The van der Waals surface area contributed by atoms with Crippen LogP contribution in [0, 0.1) is 6.92 Å². The molecular weight excluding hydrogens is 354 g/mol. The summed E-state index contributed by atoms with van der Waals surface area (Å²) in [5, 5.41) is 15.0. The Kier molecular flexibility index (Phi) is 5.49. The summed E-state index contributed by atoms with van der Waals surface area (Å²) in [5.74, 6) is -0.0945. The van der Waals surface area contributed by atoms with Gasteiger partial charge >= 0.3 is 0 Å². The summed E-state index contributed by atoms with van der Waals surface area (Å²) in [7, 11) is 0. The molecule has 0 saturated carbocycles. The van der Waals surface area contributed by atoms with E-state index in [0.717, 1.165) is 16.9 Å². The fourth-order valence-corrected chi connectivity index (χ4v) is 2.69. The Hall–Kier alpha value is -3.33. The van der Waals surface area contributed by atoms with Gasteiger partial charge in [-0.05, 0) is 31.2 Å². The van der Waals surface area contributed by atoms with Crippen LogP contribution in [0.3, 0.4) is 0 Å². The molecule has 1 aromatic carbocycles. The van der Waals surface area contributed by atoms with Crippen LogP contribution in [0.25, 0.3) is 0 Å². The lowest BCUT2D eigenvalue weighted by atomic mass is 10.1. The number of hydrogen-bond acceptors (Lipinski definition) is 7. The molecule has 9 heteroatoms. The minimum atomic E-state index is -0.347. The highest BCUT2D eigenvalue weighted by atomic mass is 32.1. The molecule has 2 amide bonds. The lowest BCUT2D eigenvalue weighted by molar-refractivity contribution is -0.120. The van der Waals surface area contributed by atoms with Crippen molar-refractivity contribution < 1.29 is 14.0 Å². The Balaban J connectivity index is 1.51. The van der Waals surface area contributed by atoms with Gasteiger partial charge in [-0.3, -0.25) is 14.9 Å². The first-order chi connectivity index (χ1) is 12.6. The number of nitrogens with one attached hydrogen (secondary N) is 2. The van der Waals surface area contributed by atoms with E-state index in [2.05, 4.69) is 26.0 Å². The van der Waals surface area contributed by atoms with Gasteiger partial charge in [0.05, 0.1) is 18.9 Å². The maximum absolute atomic E-state index is 12.1. The zero-order chi connectivity index (χ0) is 18.4. The van der Waals surface area contributed by atoms with Crippen molar-refractivity contribution in [3.63, 3.8) is 0 Å². The highest BCUT2D eigenvalue weighted by Gasteiger charge is 2.12. The van der Waals surface area contributed by atoms with Crippen LogP contribution >= 0.6 is 11.3 Å². The summed E-state index contributed by atoms with van der Waals surface area (Å²) in [5.41, 5.74) is 3.97. The summed E-state index contributed by atoms with van der Waals surface area (Å²) in [6.45, 7) is 1.95. The van der Waals surface area contributed by atoms with Gasteiger partial charge in [-0.15, -0.1) is 10.2 Å². The highest BCUT2D eigenvalue weighted by Crippen LogP contribution is 2.17. The molecule has 0 spiro atoms. The van der Waals surface area contributed by atoms with E-state index in [9.17, 15) is 9.59 Å². The molecule has 2 N–H and O–H groups in total. The van der Waals surface area contributed by atoms with Gasteiger partial charge in [0.25, 0.3) is 5.91 Å². The van der Waals surface area contributed by atoms with Crippen molar-refractivity contribution in [3.05, 3.63) is 64.6 Å². The van der Waals surface area contributed by atoms with Crippen molar-refractivity contribution in [2.24, 2.45) is 5.10 Å². The number of rotatable bonds is 6. The number of carbonyl (C=O) groups is 2. The summed E-state index contributed by atoms with van der Waals surface area (Å²) < 4.78 is 5.06. The van der Waals surface area contributed by atoms with E-state index in [4.69, 9.17) is 4.42 Å². The molecular formula is C17H15N5O3S. The average Bonchev–Trinajstić information content (AvgIpc) is 3.28. The number of carbonyl (C=O) groups excluding carboxylic acids is 2. The normalized spacial score (nSPS) is 10.8. The molecule has 0 aliphatic rings. The average molecular weight is 369 g/mol. The zero-order valence-electron chi connectivity index (χ0n) is 13.8. The molecule has 0 aliphatic carbocycles. The van der Waals surface area contributed by atoms with Crippen LogP contribution in [0.2, 0.25) is 0 Å².